The molecule has 8 nitrogen and oxygen atoms in total. The van der Waals surface area contributed by atoms with Crippen LogP contribution in [0.15, 0.2) is 35.1 Å². The molecule has 0 saturated carbocycles. The Bertz CT molecular complexity index is 919. The number of carbonyl (C=O) groups is 2. The summed E-state index contributed by atoms with van der Waals surface area (Å²) in [4.78, 5) is 33.0. The molecule has 0 spiro atoms. The van der Waals surface area contributed by atoms with Crippen LogP contribution in [-0.4, -0.2) is 38.5 Å². The summed E-state index contributed by atoms with van der Waals surface area (Å²) in [6, 6.07) is 5.68. The quantitative estimate of drug-likeness (QED) is 0.637. The van der Waals surface area contributed by atoms with Gasteiger partial charge in [-0.15, -0.1) is 0 Å². The highest BCUT2D eigenvalue weighted by atomic mass is 79.9. The monoisotopic (exact) mass is 388 g/mol. The highest BCUT2D eigenvalue weighted by molar-refractivity contribution is 9.10. The van der Waals surface area contributed by atoms with Gasteiger partial charge in [-0.1, -0.05) is 15.9 Å². The van der Waals surface area contributed by atoms with Crippen molar-refractivity contribution >= 4 is 50.4 Å². The lowest BCUT2D eigenvalue weighted by Gasteiger charge is -2.14. The van der Waals surface area contributed by atoms with Crippen molar-refractivity contribution in [1.82, 2.24) is 20.2 Å². The van der Waals surface area contributed by atoms with Crippen LogP contribution in [-0.2, 0) is 9.59 Å². The van der Waals surface area contributed by atoms with Crippen molar-refractivity contribution in [3.8, 4) is 0 Å². The van der Waals surface area contributed by atoms with Crippen LogP contribution in [0.3, 0.4) is 0 Å². The largest absolute Gasteiger partial charge is 0.331 e. The van der Waals surface area contributed by atoms with Gasteiger partial charge in [-0.05, 0) is 18.2 Å². The molecule has 4 rings (SSSR count). The number of aromatic amines is 2. The van der Waals surface area contributed by atoms with E-state index in [1.54, 1.807) is 17.3 Å². The number of amides is 2. The van der Waals surface area contributed by atoms with Gasteiger partial charge in [0.2, 0.25) is 17.8 Å². The summed E-state index contributed by atoms with van der Waals surface area (Å²) < 4.78 is 0.925. The Kier molecular flexibility index (Phi) is 3.57. The molecule has 24 heavy (non-hydrogen) atoms. The molecule has 3 heterocycles. The second-order valence-corrected chi connectivity index (χ2v) is 6.49. The summed E-state index contributed by atoms with van der Waals surface area (Å²) in [7, 11) is 0. The van der Waals surface area contributed by atoms with E-state index in [2.05, 4.69) is 41.4 Å². The molecule has 122 valence electrons. The van der Waals surface area contributed by atoms with E-state index < -0.39 is 5.92 Å². The summed E-state index contributed by atoms with van der Waals surface area (Å²) in [6.07, 6.45) is 3.32. The van der Waals surface area contributed by atoms with E-state index in [1.165, 1.54) is 0 Å². The number of rotatable bonds is 3. The number of nitrogens with one attached hydrogen (secondary N) is 3. The van der Waals surface area contributed by atoms with Crippen LogP contribution in [0, 0.1) is 5.92 Å². The molecule has 1 aliphatic heterocycles. The molecular weight excluding hydrogens is 376 g/mol. The normalized spacial score (nSPS) is 17.6. The summed E-state index contributed by atoms with van der Waals surface area (Å²) in [6.45, 7) is 0.293. The smallest absolute Gasteiger partial charge is 0.232 e. The highest BCUT2D eigenvalue weighted by Gasteiger charge is 2.37. The molecule has 0 bridgehead atoms. The maximum absolute atomic E-state index is 12.4. The molecule has 0 radical (unpaired) electrons. The van der Waals surface area contributed by atoms with Gasteiger partial charge in [-0.25, -0.2) is 4.98 Å². The fraction of sp³-hybridized carbons (Fsp3) is 0.200. The molecule has 1 aliphatic rings. The molecular formula is C15H13BrN6O2. The van der Waals surface area contributed by atoms with E-state index >= 15 is 0 Å². The molecule has 3 N–H and O–H groups in total. The minimum Gasteiger partial charge on any atom is -0.331 e. The average molecular weight is 389 g/mol. The van der Waals surface area contributed by atoms with Gasteiger partial charge < -0.3 is 4.98 Å². The predicted molar refractivity (Wildman–Crippen MR) is 91.5 cm³/mol. The van der Waals surface area contributed by atoms with Gasteiger partial charge in [-0.3, -0.25) is 24.9 Å². The van der Waals surface area contributed by atoms with Gasteiger partial charge in [0, 0.05) is 35.2 Å². The number of fused-ring (bicyclic) bond motifs is 1. The van der Waals surface area contributed by atoms with Gasteiger partial charge in [0.1, 0.15) is 0 Å². The minimum atomic E-state index is -0.440. The summed E-state index contributed by atoms with van der Waals surface area (Å²) >= 11 is 3.40. The van der Waals surface area contributed by atoms with Crippen LogP contribution >= 0.6 is 15.9 Å². The number of H-pyrrole nitrogens is 2. The molecule has 1 aromatic carbocycles. The van der Waals surface area contributed by atoms with Crippen molar-refractivity contribution < 1.29 is 9.59 Å². The highest BCUT2D eigenvalue weighted by Crippen LogP contribution is 2.31. The number of aromatic nitrogens is 4. The summed E-state index contributed by atoms with van der Waals surface area (Å²) in [5.74, 6) is 0.135. The second-order valence-electron chi connectivity index (χ2n) is 5.57. The molecule has 1 saturated heterocycles. The Balaban J connectivity index is 1.56. The molecule has 3 aromatic rings. The minimum absolute atomic E-state index is 0.120. The molecule has 2 aromatic heterocycles. The van der Waals surface area contributed by atoms with Gasteiger partial charge in [-0.2, -0.15) is 5.10 Å². The zero-order valence-corrected chi connectivity index (χ0v) is 14.0. The number of benzene rings is 1. The first-order valence-electron chi connectivity index (χ1n) is 7.36. The number of hydrogen-bond acceptors (Lipinski definition) is 4. The van der Waals surface area contributed by atoms with E-state index in [1.807, 2.05) is 18.2 Å². The molecule has 9 heteroatoms. The Morgan fingerprint density at radius 1 is 1.42 bits per heavy atom. The summed E-state index contributed by atoms with van der Waals surface area (Å²) in [5, 5.41) is 10.7. The zero-order valence-electron chi connectivity index (χ0n) is 12.4. The van der Waals surface area contributed by atoms with Crippen LogP contribution in [0.25, 0.3) is 10.9 Å². The fourth-order valence-corrected chi connectivity index (χ4v) is 3.18. The molecule has 1 unspecified atom stereocenters. The van der Waals surface area contributed by atoms with Crippen molar-refractivity contribution in [3.05, 3.63) is 35.1 Å². The van der Waals surface area contributed by atoms with Crippen LogP contribution in [0.4, 0.5) is 11.8 Å². The molecule has 2 amide bonds. The van der Waals surface area contributed by atoms with Crippen LogP contribution in [0.5, 0.6) is 0 Å². The lowest BCUT2D eigenvalue weighted by atomic mass is 10.1. The fourth-order valence-electron chi connectivity index (χ4n) is 2.82. The van der Waals surface area contributed by atoms with E-state index in [0.717, 1.165) is 15.4 Å². The first-order valence-corrected chi connectivity index (χ1v) is 8.15. The van der Waals surface area contributed by atoms with Crippen LogP contribution in [0.1, 0.15) is 6.42 Å². The first-order chi connectivity index (χ1) is 11.6. The molecule has 1 atom stereocenters. The maximum atomic E-state index is 12.4. The van der Waals surface area contributed by atoms with Gasteiger partial charge in [0.25, 0.3) is 0 Å². The average Bonchev–Trinajstić information content (AvgIpc) is 3.26. The Labute approximate surface area is 144 Å². The SMILES string of the molecule is O=C(Nc1ncc[nH]1)C1CC(=O)N(c2n[nH]c3cc(Br)ccc23)C1. The number of imidazole rings is 1. The van der Waals surface area contributed by atoms with Gasteiger partial charge >= 0.3 is 0 Å². The topological polar surface area (TPSA) is 107 Å². The Morgan fingerprint density at radius 3 is 3.08 bits per heavy atom. The van der Waals surface area contributed by atoms with Crippen LogP contribution < -0.4 is 10.2 Å². The standard InChI is InChI=1S/C15H13BrN6O2/c16-9-1-2-10-11(6-9)20-21-13(10)22-7-8(5-12(22)23)14(24)19-15-17-3-4-18-15/h1-4,6,8H,5,7H2,(H,20,21)(H2,17,18,19,24). The third-order valence-corrected chi connectivity index (χ3v) is 4.49. The number of anilines is 2. The van der Waals surface area contributed by atoms with Crippen LogP contribution in [0.2, 0.25) is 0 Å². The Morgan fingerprint density at radius 2 is 2.29 bits per heavy atom. The number of halogens is 1. The van der Waals surface area contributed by atoms with Crippen molar-refractivity contribution in [3.63, 3.8) is 0 Å². The number of nitrogens with zero attached hydrogens (tertiary/aromatic N) is 3. The lowest BCUT2D eigenvalue weighted by Crippen LogP contribution is -2.28. The maximum Gasteiger partial charge on any atom is 0.232 e. The van der Waals surface area contributed by atoms with Crippen molar-refractivity contribution in [2.24, 2.45) is 5.92 Å². The predicted octanol–water partition coefficient (Wildman–Crippen LogP) is 2.04. The van der Waals surface area contributed by atoms with Crippen molar-refractivity contribution in [2.75, 3.05) is 16.8 Å². The van der Waals surface area contributed by atoms with E-state index in [4.69, 9.17) is 0 Å². The zero-order chi connectivity index (χ0) is 16.7. The van der Waals surface area contributed by atoms with E-state index in [-0.39, 0.29) is 18.2 Å². The summed E-state index contributed by atoms with van der Waals surface area (Å²) in [5.41, 5.74) is 0.829. The lowest BCUT2D eigenvalue weighted by molar-refractivity contribution is -0.122. The number of hydrogen-bond donors (Lipinski definition) is 3. The van der Waals surface area contributed by atoms with E-state index in [0.29, 0.717) is 18.3 Å². The number of carbonyl (C=O) groups excluding carboxylic acids is 2. The van der Waals surface area contributed by atoms with Gasteiger partial charge in [0.15, 0.2) is 5.82 Å². The first kappa shape index (κ1) is 14.9. The van der Waals surface area contributed by atoms with E-state index in [9.17, 15) is 9.59 Å². The third kappa shape index (κ3) is 2.56. The van der Waals surface area contributed by atoms with Gasteiger partial charge in [0.05, 0.1) is 11.4 Å². The molecule has 0 aliphatic carbocycles. The van der Waals surface area contributed by atoms with Crippen molar-refractivity contribution in [1.29, 1.82) is 0 Å². The second kappa shape index (κ2) is 5.75. The Hall–Kier alpha value is -2.68. The van der Waals surface area contributed by atoms with Crippen molar-refractivity contribution in [2.45, 2.75) is 6.42 Å². The molecule has 1 fully saturated rings. The third-order valence-electron chi connectivity index (χ3n) is 4.00.